The average Bonchev–Trinajstić information content (AvgIpc) is 2.31. The Balaban J connectivity index is 3.37. The van der Waals surface area contributed by atoms with Crippen LogP contribution in [0.4, 0.5) is 0 Å². The Morgan fingerprint density at radius 3 is 2.50 bits per heavy atom. The van der Waals surface area contributed by atoms with Gasteiger partial charge in [-0.2, -0.15) is 0 Å². The molecule has 8 heteroatoms. The minimum atomic E-state index is -3.48. The average molecular weight is 255 g/mol. The summed E-state index contributed by atoms with van der Waals surface area (Å²) in [5, 5.41) is 7.09. The Morgan fingerprint density at radius 2 is 2.17 bits per heavy atom. The van der Waals surface area contributed by atoms with Crippen molar-refractivity contribution < 1.29 is 8.42 Å². The van der Waals surface area contributed by atoms with Gasteiger partial charge in [-0.1, -0.05) is 5.21 Å². The number of rotatable bonds is 2. The molecule has 0 aromatic carbocycles. The van der Waals surface area contributed by atoms with E-state index < -0.39 is 10.0 Å². The van der Waals surface area contributed by atoms with Crippen molar-refractivity contribution in [3.63, 3.8) is 0 Å². The highest BCUT2D eigenvalue weighted by atomic mass is 79.9. The summed E-state index contributed by atoms with van der Waals surface area (Å²) in [6.07, 6.45) is 0. The van der Waals surface area contributed by atoms with Crippen LogP contribution in [-0.2, 0) is 17.1 Å². The largest absolute Gasteiger partial charge is 0.260 e. The minimum Gasteiger partial charge on any atom is -0.235 e. The normalized spacial score (nSPS) is 11.9. The molecule has 6 nitrogen and oxygen atoms in total. The standard InChI is InChI=1S/C4H7BrN4O2S/c1-6-12(10,11)4-3(5)7-8-9(4)2/h6H,1-2H3. The fourth-order valence-corrected chi connectivity index (χ4v) is 2.51. The van der Waals surface area contributed by atoms with Crippen LogP contribution in [0.2, 0.25) is 0 Å². The van der Waals surface area contributed by atoms with Crippen LogP contribution in [0.1, 0.15) is 0 Å². The van der Waals surface area contributed by atoms with E-state index in [-0.39, 0.29) is 9.63 Å². The SMILES string of the molecule is CNS(=O)(=O)c1c(Br)nnn1C. The Hall–Kier alpha value is -0.470. The van der Waals surface area contributed by atoms with E-state index >= 15 is 0 Å². The van der Waals surface area contributed by atoms with E-state index in [1.807, 2.05) is 0 Å². The maximum absolute atomic E-state index is 11.3. The molecular formula is C4H7BrN4O2S. The summed E-state index contributed by atoms with van der Waals surface area (Å²) in [5.41, 5.74) is 0. The van der Waals surface area contributed by atoms with Gasteiger partial charge in [-0.25, -0.2) is 17.8 Å². The minimum absolute atomic E-state index is 0.0185. The van der Waals surface area contributed by atoms with Crippen molar-refractivity contribution in [3.8, 4) is 0 Å². The van der Waals surface area contributed by atoms with Gasteiger partial charge in [-0.05, 0) is 23.0 Å². The van der Waals surface area contributed by atoms with Gasteiger partial charge in [0.05, 0.1) is 0 Å². The predicted octanol–water partition coefficient (Wildman–Crippen LogP) is -0.514. The molecular weight excluding hydrogens is 248 g/mol. The van der Waals surface area contributed by atoms with Gasteiger partial charge in [0.2, 0.25) is 5.03 Å². The van der Waals surface area contributed by atoms with E-state index in [1.54, 1.807) is 0 Å². The number of aryl methyl sites for hydroxylation is 1. The van der Waals surface area contributed by atoms with Crippen LogP contribution in [0.25, 0.3) is 0 Å². The number of hydrogen-bond donors (Lipinski definition) is 1. The van der Waals surface area contributed by atoms with E-state index in [0.29, 0.717) is 0 Å². The zero-order valence-corrected chi connectivity index (χ0v) is 8.85. The number of hydrogen-bond acceptors (Lipinski definition) is 4. The van der Waals surface area contributed by atoms with Gasteiger partial charge < -0.3 is 0 Å². The molecule has 12 heavy (non-hydrogen) atoms. The van der Waals surface area contributed by atoms with Crippen molar-refractivity contribution in [1.29, 1.82) is 0 Å². The predicted molar refractivity (Wildman–Crippen MR) is 44.9 cm³/mol. The van der Waals surface area contributed by atoms with Crippen molar-refractivity contribution in [2.75, 3.05) is 7.05 Å². The first kappa shape index (κ1) is 9.62. The molecule has 0 atom stereocenters. The fourth-order valence-electron chi connectivity index (χ4n) is 0.705. The van der Waals surface area contributed by atoms with Gasteiger partial charge in [0.1, 0.15) is 0 Å². The van der Waals surface area contributed by atoms with Gasteiger partial charge in [-0.3, -0.25) is 0 Å². The molecule has 1 N–H and O–H groups in total. The van der Waals surface area contributed by atoms with E-state index in [0.717, 1.165) is 0 Å². The lowest BCUT2D eigenvalue weighted by molar-refractivity contribution is 0.566. The van der Waals surface area contributed by atoms with Gasteiger partial charge in [0, 0.05) is 7.05 Å². The summed E-state index contributed by atoms with van der Waals surface area (Å²) in [7, 11) is -0.645. The van der Waals surface area contributed by atoms with Crippen molar-refractivity contribution >= 4 is 26.0 Å². The van der Waals surface area contributed by atoms with Gasteiger partial charge >= 0.3 is 0 Å². The lowest BCUT2D eigenvalue weighted by Crippen LogP contribution is -2.21. The van der Waals surface area contributed by atoms with Crippen molar-refractivity contribution in [1.82, 2.24) is 19.7 Å². The second-order valence-electron chi connectivity index (χ2n) is 2.02. The highest BCUT2D eigenvalue weighted by Gasteiger charge is 2.21. The first-order valence-electron chi connectivity index (χ1n) is 2.97. The second-order valence-corrected chi connectivity index (χ2v) is 4.57. The smallest absolute Gasteiger partial charge is 0.235 e. The van der Waals surface area contributed by atoms with Crippen LogP contribution >= 0.6 is 15.9 Å². The molecule has 0 saturated carbocycles. The molecule has 0 aliphatic carbocycles. The fraction of sp³-hybridized carbons (Fsp3) is 0.500. The number of aromatic nitrogens is 3. The first-order valence-corrected chi connectivity index (χ1v) is 5.25. The topological polar surface area (TPSA) is 76.9 Å². The molecule has 0 saturated heterocycles. The number of nitrogens with zero attached hydrogens (tertiary/aromatic N) is 3. The highest BCUT2D eigenvalue weighted by Crippen LogP contribution is 2.16. The van der Waals surface area contributed by atoms with Gasteiger partial charge in [0.25, 0.3) is 10.0 Å². The van der Waals surface area contributed by atoms with Crippen LogP contribution in [0, 0.1) is 0 Å². The highest BCUT2D eigenvalue weighted by molar-refractivity contribution is 9.10. The molecule has 0 bridgehead atoms. The van der Waals surface area contributed by atoms with E-state index in [9.17, 15) is 8.42 Å². The molecule has 0 fully saturated rings. The lowest BCUT2D eigenvalue weighted by atomic mass is 10.9. The number of sulfonamides is 1. The van der Waals surface area contributed by atoms with Crippen molar-refractivity contribution in [2.24, 2.45) is 7.05 Å². The molecule has 0 aliphatic heterocycles. The molecule has 0 aliphatic rings. The Bertz CT molecular complexity index is 364. The molecule has 1 aromatic heterocycles. The summed E-state index contributed by atoms with van der Waals surface area (Å²) < 4.78 is 26.1. The molecule has 1 aromatic rings. The molecule has 68 valence electrons. The second kappa shape index (κ2) is 3.11. The van der Waals surface area contributed by atoms with Crippen LogP contribution in [0.3, 0.4) is 0 Å². The maximum atomic E-state index is 11.3. The van der Waals surface area contributed by atoms with Gasteiger partial charge in [0.15, 0.2) is 4.60 Å². The van der Waals surface area contributed by atoms with Crippen LogP contribution in [0.5, 0.6) is 0 Å². The van der Waals surface area contributed by atoms with Crippen LogP contribution in [0.15, 0.2) is 9.63 Å². The van der Waals surface area contributed by atoms with E-state index in [2.05, 4.69) is 31.0 Å². The summed E-state index contributed by atoms with van der Waals surface area (Å²) in [5.74, 6) is 0. The Labute approximate surface area is 78.1 Å². The molecule has 0 radical (unpaired) electrons. The van der Waals surface area contributed by atoms with Crippen molar-refractivity contribution in [3.05, 3.63) is 4.60 Å². The third-order valence-corrected chi connectivity index (χ3v) is 3.56. The molecule has 1 rings (SSSR count). The lowest BCUT2D eigenvalue weighted by Gasteiger charge is -2.00. The Kier molecular flexibility index (Phi) is 2.49. The molecule has 1 heterocycles. The van der Waals surface area contributed by atoms with Crippen LogP contribution < -0.4 is 4.72 Å². The first-order chi connectivity index (χ1) is 5.49. The maximum Gasteiger partial charge on any atom is 0.260 e. The van der Waals surface area contributed by atoms with Crippen molar-refractivity contribution in [2.45, 2.75) is 5.03 Å². The summed E-state index contributed by atoms with van der Waals surface area (Å²) in [6.45, 7) is 0. The molecule has 0 amide bonds. The van der Waals surface area contributed by atoms with Gasteiger partial charge in [-0.15, -0.1) is 5.10 Å². The Morgan fingerprint density at radius 1 is 1.58 bits per heavy atom. The zero-order chi connectivity index (χ0) is 9.35. The quantitative estimate of drug-likeness (QED) is 0.771. The molecule has 0 unspecified atom stereocenters. The molecule has 0 spiro atoms. The third kappa shape index (κ3) is 1.50. The third-order valence-electron chi connectivity index (χ3n) is 1.26. The summed E-state index contributed by atoms with van der Waals surface area (Å²) in [6, 6.07) is 0. The zero-order valence-electron chi connectivity index (χ0n) is 6.44. The number of nitrogens with one attached hydrogen (secondary N) is 1. The summed E-state index contributed by atoms with van der Waals surface area (Å²) >= 11 is 2.98. The van der Waals surface area contributed by atoms with E-state index in [1.165, 1.54) is 18.8 Å². The summed E-state index contributed by atoms with van der Waals surface area (Å²) in [4.78, 5) is 0. The monoisotopic (exact) mass is 254 g/mol. The van der Waals surface area contributed by atoms with E-state index in [4.69, 9.17) is 0 Å². The van der Waals surface area contributed by atoms with Crippen LogP contribution in [-0.4, -0.2) is 30.5 Å². The number of halogens is 1.